The van der Waals surface area contributed by atoms with Crippen molar-refractivity contribution in [2.45, 2.75) is 6.42 Å². The van der Waals surface area contributed by atoms with Crippen molar-refractivity contribution in [3.8, 4) is 0 Å². The zero-order valence-electron chi connectivity index (χ0n) is 3.98. The van der Waals surface area contributed by atoms with Gasteiger partial charge in [-0.05, 0) is 11.8 Å². The first kappa shape index (κ1) is 3.29. The summed E-state index contributed by atoms with van der Waals surface area (Å²) in [5.41, 5.74) is 0. The molecule has 0 spiro atoms. The molecule has 5 heavy (non-hydrogen) atoms. The summed E-state index contributed by atoms with van der Waals surface area (Å²) in [6.45, 7) is 0. The SMILES string of the molecule is C1=CSCC1.[H+]. The van der Waals surface area contributed by atoms with E-state index in [1.165, 1.54) is 12.2 Å². The normalized spacial score (nSPS) is 20.8. The van der Waals surface area contributed by atoms with Crippen LogP contribution in [0.3, 0.4) is 0 Å². The van der Waals surface area contributed by atoms with E-state index in [0.29, 0.717) is 0 Å². The highest BCUT2D eigenvalue weighted by Gasteiger charge is 1.85. The third-order valence-corrected chi connectivity index (χ3v) is 1.45. The first-order valence-electron chi connectivity index (χ1n) is 1.77. The molecule has 0 unspecified atom stereocenters. The second-order valence-corrected chi connectivity index (χ2v) is 2.04. The molecule has 0 N–H and O–H groups in total. The van der Waals surface area contributed by atoms with Crippen LogP contribution in [0.2, 0.25) is 0 Å². The summed E-state index contributed by atoms with van der Waals surface area (Å²) >= 11 is 1.89. The van der Waals surface area contributed by atoms with E-state index in [1.807, 2.05) is 11.8 Å². The lowest BCUT2D eigenvalue weighted by molar-refractivity contribution is 1.28. The molecule has 0 aromatic heterocycles. The highest BCUT2D eigenvalue weighted by atomic mass is 32.2. The molecule has 0 aromatic rings. The number of rotatable bonds is 0. The molecule has 0 radical (unpaired) electrons. The highest BCUT2D eigenvalue weighted by molar-refractivity contribution is 8.02. The molecule has 1 aliphatic rings. The second-order valence-electron chi connectivity index (χ2n) is 1.03. The fourth-order valence-electron chi connectivity index (χ4n) is 0.340. The smallest absolute Gasteiger partial charge is 0.134 e. The molecule has 0 atom stereocenters. The van der Waals surface area contributed by atoms with Crippen molar-refractivity contribution in [1.29, 1.82) is 0 Å². The van der Waals surface area contributed by atoms with Gasteiger partial charge in [-0.3, -0.25) is 0 Å². The van der Waals surface area contributed by atoms with Crippen LogP contribution in [0.15, 0.2) is 11.5 Å². The number of hydrogen-bond acceptors (Lipinski definition) is 1. The maximum absolute atomic E-state index is 2.20. The van der Waals surface area contributed by atoms with Gasteiger partial charge in [0.15, 0.2) is 0 Å². The van der Waals surface area contributed by atoms with Crippen molar-refractivity contribution in [2.24, 2.45) is 0 Å². The van der Waals surface area contributed by atoms with E-state index in [1.54, 1.807) is 0 Å². The van der Waals surface area contributed by atoms with Crippen molar-refractivity contribution in [3.05, 3.63) is 11.5 Å². The lowest BCUT2D eigenvalue weighted by Gasteiger charge is -1.69. The molecule has 0 bridgehead atoms. The predicted molar refractivity (Wildman–Crippen MR) is 27.3 cm³/mol. The molecule has 1 heteroatoms. The number of hydrogen-bond donors (Lipinski definition) is 0. The van der Waals surface area contributed by atoms with Crippen molar-refractivity contribution < 1.29 is 1.43 Å². The minimum absolute atomic E-state index is 0. The molecule has 0 amide bonds. The van der Waals surface area contributed by atoms with E-state index in [9.17, 15) is 0 Å². The Morgan fingerprint density at radius 2 is 2.80 bits per heavy atom. The van der Waals surface area contributed by atoms with Gasteiger partial charge >= 0.3 is 1.43 Å². The van der Waals surface area contributed by atoms with Crippen LogP contribution in [0.4, 0.5) is 0 Å². The van der Waals surface area contributed by atoms with Crippen LogP contribution in [-0.4, -0.2) is 5.75 Å². The summed E-state index contributed by atoms with van der Waals surface area (Å²) in [5, 5.41) is 2.15. The van der Waals surface area contributed by atoms with Crippen LogP contribution in [-0.2, 0) is 0 Å². The largest absolute Gasteiger partial charge is 1.00 e. The molecular weight excluding hydrogens is 80.1 g/mol. The van der Waals surface area contributed by atoms with E-state index in [-0.39, 0.29) is 1.43 Å². The molecule has 0 aliphatic carbocycles. The monoisotopic (exact) mass is 87.0 g/mol. The van der Waals surface area contributed by atoms with E-state index < -0.39 is 0 Å². The van der Waals surface area contributed by atoms with Gasteiger partial charge < -0.3 is 0 Å². The van der Waals surface area contributed by atoms with Crippen LogP contribution in [0.5, 0.6) is 0 Å². The molecule has 1 heterocycles. The van der Waals surface area contributed by atoms with Crippen LogP contribution in [0, 0.1) is 0 Å². The Bertz CT molecular complexity index is 45.5. The fourth-order valence-corrected chi connectivity index (χ4v) is 1.02. The van der Waals surface area contributed by atoms with E-state index in [2.05, 4.69) is 11.5 Å². The Morgan fingerprint density at radius 3 is 3.00 bits per heavy atom. The average Bonchev–Trinajstić information content (AvgIpc) is 1.76. The Kier molecular flexibility index (Phi) is 0.991. The lowest BCUT2D eigenvalue weighted by atomic mass is 10.5. The molecule has 1 rings (SSSR count). The van der Waals surface area contributed by atoms with E-state index >= 15 is 0 Å². The first-order chi connectivity index (χ1) is 2.50. The van der Waals surface area contributed by atoms with Crippen LogP contribution >= 0.6 is 11.8 Å². The summed E-state index contributed by atoms with van der Waals surface area (Å²) in [7, 11) is 0. The van der Waals surface area contributed by atoms with Crippen molar-refractivity contribution in [1.82, 2.24) is 0 Å². The summed E-state index contributed by atoms with van der Waals surface area (Å²) in [6, 6.07) is 0. The summed E-state index contributed by atoms with van der Waals surface area (Å²) in [4.78, 5) is 0. The summed E-state index contributed by atoms with van der Waals surface area (Å²) < 4.78 is 0. The van der Waals surface area contributed by atoms with Gasteiger partial charge in [0.2, 0.25) is 0 Å². The highest BCUT2D eigenvalue weighted by Crippen LogP contribution is 2.11. The second kappa shape index (κ2) is 1.51. The zero-order valence-corrected chi connectivity index (χ0v) is 3.79. The molecule has 0 saturated heterocycles. The zero-order chi connectivity index (χ0) is 3.54. The maximum atomic E-state index is 2.20. The molecule has 0 fully saturated rings. The van der Waals surface area contributed by atoms with Gasteiger partial charge in [-0.1, -0.05) is 6.08 Å². The minimum atomic E-state index is 0. The Hall–Kier alpha value is 0.0900. The van der Waals surface area contributed by atoms with Gasteiger partial charge in [0.25, 0.3) is 0 Å². The standard InChI is InChI=1S/C4H6S/c1-2-4-5-3-1/h1,3H,2,4H2/p+1. The first-order valence-corrected chi connectivity index (χ1v) is 2.81. The van der Waals surface area contributed by atoms with Crippen molar-refractivity contribution >= 4 is 11.8 Å². The minimum Gasteiger partial charge on any atom is -0.134 e. The third-order valence-electron chi connectivity index (χ3n) is 0.595. The summed E-state index contributed by atoms with van der Waals surface area (Å²) in [6.07, 6.45) is 3.48. The predicted octanol–water partition coefficient (Wildman–Crippen LogP) is 1.75. The van der Waals surface area contributed by atoms with Gasteiger partial charge in [-0.25, -0.2) is 0 Å². The van der Waals surface area contributed by atoms with Crippen molar-refractivity contribution in [3.63, 3.8) is 0 Å². The third kappa shape index (κ3) is 0.690. The molecular formula is C4H7S+. The van der Waals surface area contributed by atoms with Gasteiger partial charge in [0.05, 0.1) is 0 Å². The van der Waals surface area contributed by atoms with Crippen LogP contribution in [0.25, 0.3) is 0 Å². The molecule has 0 nitrogen and oxygen atoms in total. The maximum Gasteiger partial charge on any atom is 1.00 e. The Balaban J connectivity index is 0.000000250. The Labute approximate surface area is 37.7 Å². The van der Waals surface area contributed by atoms with Gasteiger partial charge in [-0.15, -0.1) is 11.8 Å². The van der Waals surface area contributed by atoms with Gasteiger partial charge in [-0.2, -0.15) is 0 Å². The van der Waals surface area contributed by atoms with Crippen molar-refractivity contribution in [2.75, 3.05) is 5.75 Å². The topological polar surface area (TPSA) is 0 Å². The molecule has 0 aromatic carbocycles. The van der Waals surface area contributed by atoms with Crippen LogP contribution < -0.4 is 0 Å². The van der Waals surface area contributed by atoms with E-state index in [4.69, 9.17) is 0 Å². The van der Waals surface area contributed by atoms with Crippen LogP contribution in [0.1, 0.15) is 7.85 Å². The number of allylic oxidation sites excluding steroid dienone is 1. The fraction of sp³-hybridized carbons (Fsp3) is 0.500. The molecule has 0 saturated carbocycles. The summed E-state index contributed by atoms with van der Waals surface area (Å²) in [5.74, 6) is 1.31. The number of thioether (sulfide) groups is 1. The quantitative estimate of drug-likeness (QED) is 0.433. The Morgan fingerprint density at radius 1 is 1.80 bits per heavy atom. The van der Waals surface area contributed by atoms with Gasteiger partial charge in [0.1, 0.15) is 0 Å². The van der Waals surface area contributed by atoms with E-state index in [0.717, 1.165) is 0 Å². The molecule has 28 valence electrons. The molecule has 1 aliphatic heterocycles. The lowest BCUT2D eigenvalue weighted by Crippen LogP contribution is -1.56. The average molecular weight is 87.2 g/mol. The van der Waals surface area contributed by atoms with Gasteiger partial charge in [0, 0.05) is 5.75 Å².